The number of fused-ring (bicyclic) bond motifs is 1. The molecule has 0 fully saturated rings. The molecule has 2 heterocycles. The van der Waals surface area contributed by atoms with Crippen molar-refractivity contribution in [3.8, 4) is 0 Å². The summed E-state index contributed by atoms with van der Waals surface area (Å²) < 4.78 is 29.6. The lowest BCUT2D eigenvalue weighted by Crippen LogP contribution is -2.27. The molecule has 20 heavy (non-hydrogen) atoms. The summed E-state index contributed by atoms with van der Waals surface area (Å²) in [5.74, 6) is 1.64. The maximum atomic E-state index is 12.4. The molecule has 0 amide bonds. The van der Waals surface area contributed by atoms with Crippen LogP contribution in [0, 0.1) is 5.92 Å². The minimum atomic E-state index is -3.48. The minimum Gasteiger partial charge on any atom is -0.330 e. The molecule has 1 unspecified atom stereocenters. The molecule has 0 saturated carbocycles. The maximum Gasteiger partial charge on any atom is 0.259 e. The number of aromatic nitrogens is 2. The van der Waals surface area contributed by atoms with E-state index in [-0.39, 0.29) is 10.9 Å². The van der Waals surface area contributed by atoms with E-state index in [1.54, 1.807) is 0 Å². The largest absolute Gasteiger partial charge is 0.330 e. The number of hydrogen-bond donors (Lipinski definition) is 1. The van der Waals surface area contributed by atoms with Crippen LogP contribution in [0.5, 0.6) is 0 Å². The van der Waals surface area contributed by atoms with Crippen LogP contribution < -0.4 is 4.72 Å². The molecule has 1 aromatic heterocycles. The molecule has 1 atom stereocenters. The van der Waals surface area contributed by atoms with E-state index in [0.717, 1.165) is 37.3 Å². The normalized spacial score (nSPS) is 19.4. The van der Waals surface area contributed by atoms with Crippen molar-refractivity contribution < 1.29 is 8.42 Å². The van der Waals surface area contributed by atoms with Crippen LogP contribution in [0.4, 0.5) is 0 Å². The minimum absolute atomic E-state index is 0.234. The molecule has 0 spiro atoms. The van der Waals surface area contributed by atoms with Crippen molar-refractivity contribution in [1.29, 1.82) is 0 Å². The quantitative estimate of drug-likeness (QED) is 0.907. The highest BCUT2D eigenvalue weighted by molar-refractivity contribution is 7.89. The van der Waals surface area contributed by atoms with Gasteiger partial charge in [-0.3, -0.25) is 0 Å². The zero-order valence-corrected chi connectivity index (χ0v) is 13.6. The van der Waals surface area contributed by atoms with E-state index in [4.69, 9.17) is 0 Å². The Morgan fingerprint density at radius 1 is 1.45 bits per heavy atom. The van der Waals surface area contributed by atoms with E-state index in [2.05, 4.69) is 35.0 Å². The van der Waals surface area contributed by atoms with Crippen molar-refractivity contribution in [3.05, 3.63) is 11.5 Å². The van der Waals surface area contributed by atoms with Gasteiger partial charge in [0.1, 0.15) is 5.82 Å². The number of sulfonamides is 1. The lowest BCUT2D eigenvalue weighted by Gasteiger charge is -2.23. The summed E-state index contributed by atoms with van der Waals surface area (Å²) in [4.78, 5) is 4.46. The van der Waals surface area contributed by atoms with E-state index in [0.29, 0.717) is 12.5 Å². The van der Waals surface area contributed by atoms with E-state index >= 15 is 0 Å². The molecule has 1 aromatic rings. The molecule has 1 N–H and O–H groups in total. The van der Waals surface area contributed by atoms with Crippen LogP contribution in [0.1, 0.15) is 58.0 Å². The standard InChI is InChI=1S/C14H25N3O2S/c1-5-7-15-20(18,19)14-12-9-11(4)6-8-17(12)13(16-14)10(2)3/h10-11,15H,5-9H2,1-4H3. The summed E-state index contributed by atoms with van der Waals surface area (Å²) in [5.41, 5.74) is 0.885. The topological polar surface area (TPSA) is 64.0 Å². The van der Waals surface area contributed by atoms with Crippen LogP contribution in [-0.2, 0) is 23.0 Å². The van der Waals surface area contributed by atoms with Gasteiger partial charge in [-0.2, -0.15) is 0 Å². The Morgan fingerprint density at radius 3 is 2.75 bits per heavy atom. The van der Waals surface area contributed by atoms with E-state index in [1.807, 2.05) is 6.92 Å². The molecule has 1 aliphatic rings. The highest BCUT2D eigenvalue weighted by Crippen LogP contribution is 2.29. The first-order chi connectivity index (χ1) is 9.36. The second-order valence-corrected chi connectivity index (χ2v) is 7.71. The van der Waals surface area contributed by atoms with Crippen LogP contribution in [0.3, 0.4) is 0 Å². The monoisotopic (exact) mass is 299 g/mol. The molecule has 0 aromatic carbocycles. The fourth-order valence-corrected chi connectivity index (χ4v) is 4.00. The van der Waals surface area contributed by atoms with Gasteiger partial charge in [0, 0.05) is 19.0 Å². The van der Waals surface area contributed by atoms with E-state index in [1.165, 1.54) is 0 Å². The second-order valence-electron chi connectivity index (χ2n) is 6.02. The molecule has 1 aliphatic heterocycles. The summed E-state index contributed by atoms with van der Waals surface area (Å²) in [6.45, 7) is 9.57. The van der Waals surface area contributed by atoms with Gasteiger partial charge in [-0.15, -0.1) is 0 Å². The zero-order valence-electron chi connectivity index (χ0n) is 12.8. The molecular formula is C14H25N3O2S. The number of hydrogen-bond acceptors (Lipinski definition) is 3. The average Bonchev–Trinajstić information content (AvgIpc) is 2.75. The molecule has 0 aliphatic carbocycles. The molecule has 5 nitrogen and oxygen atoms in total. The molecule has 0 radical (unpaired) electrons. The Labute approximate surface area is 121 Å². The molecule has 0 bridgehead atoms. The summed E-state index contributed by atoms with van der Waals surface area (Å²) in [7, 11) is -3.48. The first-order valence-corrected chi connectivity index (χ1v) is 8.94. The van der Waals surface area contributed by atoms with Crippen LogP contribution >= 0.6 is 0 Å². The van der Waals surface area contributed by atoms with Gasteiger partial charge < -0.3 is 4.57 Å². The maximum absolute atomic E-state index is 12.4. The average molecular weight is 299 g/mol. The smallest absolute Gasteiger partial charge is 0.259 e. The van der Waals surface area contributed by atoms with Crippen molar-refractivity contribution in [2.75, 3.05) is 6.54 Å². The van der Waals surface area contributed by atoms with Crippen LogP contribution in [0.25, 0.3) is 0 Å². The van der Waals surface area contributed by atoms with Crippen molar-refractivity contribution in [3.63, 3.8) is 0 Å². The van der Waals surface area contributed by atoms with Crippen molar-refractivity contribution >= 4 is 10.0 Å². The lowest BCUT2D eigenvalue weighted by molar-refractivity contribution is 0.401. The lowest BCUT2D eigenvalue weighted by atomic mass is 9.98. The number of nitrogens with one attached hydrogen (secondary N) is 1. The summed E-state index contributed by atoms with van der Waals surface area (Å²) in [6.07, 6.45) is 2.66. The van der Waals surface area contributed by atoms with Gasteiger partial charge in [0.25, 0.3) is 10.0 Å². The molecule has 114 valence electrons. The van der Waals surface area contributed by atoms with E-state index < -0.39 is 10.0 Å². The van der Waals surface area contributed by atoms with Gasteiger partial charge in [-0.25, -0.2) is 18.1 Å². The van der Waals surface area contributed by atoms with E-state index in [9.17, 15) is 8.42 Å². The van der Waals surface area contributed by atoms with Crippen LogP contribution in [-0.4, -0.2) is 24.5 Å². The Hall–Kier alpha value is -0.880. The third kappa shape index (κ3) is 2.91. The molecule has 0 saturated heterocycles. The number of nitrogens with zero attached hydrogens (tertiary/aromatic N) is 2. The Balaban J connectivity index is 2.48. The molecular weight excluding hydrogens is 274 g/mol. The second kappa shape index (κ2) is 5.85. The Bertz CT molecular complexity index is 575. The molecule has 6 heteroatoms. The third-order valence-electron chi connectivity index (χ3n) is 3.77. The van der Waals surface area contributed by atoms with Crippen molar-refractivity contribution in [2.45, 2.75) is 64.4 Å². The predicted molar refractivity (Wildman–Crippen MR) is 79.3 cm³/mol. The highest BCUT2D eigenvalue weighted by Gasteiger charge is 2.30. The SMILES string of the molecule is CCCNS(=O)(=O)c1nc(C(C)C)n2c1CC(C)CC2. The van der Waals surface area contributed by atoms with Gasteiger partial charge >= 0.3 is 0 Å². The van der Waals surface area contributed by atoms with Gasteiger partial charge in [-0.1, -0.05) is 27.7 Å². The summed E-state index contributed by atoms with van der Waals surface area (Å²) >= 11 is 0. The van der Waals surface area contributed by atoms with Gasteiger partial charge in [0.05, 0.1) is 5.69 Å². The van der Waals surface area contributed by atoms with Gasteiger partial charge in [0.2, 0.25) is 0 Å². The number of imidazole rings is 1. The first kappa shape index (κ1) is 15.5. The molecule has 2 rings (SSSR count). The van der Waals surface area contributed by atoms with Crippen molar-refractivity contribution in [2.24, 2.45) is 5.92 Å². The number of rotatable bonds is 5. The fraction of sp³-hybridized carbons (Fsp3) is 0.786. The predicted octanol–water partition coefficient (Wildman–Crippen LogP) is 2.28. The van der Waals surface area contributed by atoms with Crippen LogP contribution in [0.2, 0.25) is 0 Å². The van der Waals surface area contributed by atoms with Gasteiger partial charge in [0.15, 0.2) is 5.03 Å². The Morgan fingerprint density at radius 2 is 2.15 bits per heavy atom. The van der Waals surface area contributed by atoms with Gasteiger partial charge in [-0.05, 0) is 25.2 Å². The summed E-state index contributed by atoms with van der Waals surface area (Å²) in [6, 6.07) is 0. The highest BCUT2D eigenvalue weighted by atomic mass is 32.2. The Kier molecular flexibility index (Phi) is 4.54. The van der Waals surface area contributed by atoms with Crippen LogP contribution in [0.15, 0.2) is 5.03 Å². The third-order valence-corrected chi connectivity index (χ3v) is 5.19. The first-order valence-electron chi connectivity index (χ1n) is 7.45. The summed E-state index contributed by atoms with van der Waals surface area (Å²) in [5, 5.41) is 0.251. The zero-order chi connectivity index (χ0) is 14.9. The fourth-order valence-electron chi connectivity index (χ4n) is 2.67. The van der Waals surface area contributed by atoms with Crippen molar-refractivity contribution in [1.82, 2.24) is 14.3 Å².